The lowest BCUT2D eigenvalue weighted by Gasteiger charge is -2.09. The lowest BCUT2D eigenvalue weighted by molar-refractivity contribution is -0.0334. The van der Waals surface area contributed by atoms with Crippen LogP contribution in [-0.4, -0.2) is 42.5 Å². The third-order valence-corrected chi connectivity index (χ3v) is 1.59. The Balaban J connectivity index is 0.000000146. The molecule has 2 heterocycles. The average Bonchev–Trinajstić information content (AvgIpc) is 2.74. The van der Waals surface area contributed by atoms with Gasteiger partial charge in [-0.25, -0.2) is 4.79 Å². The maximum Gasteiger partial charge on any atom is 0.337 e. The van der Waals surface area contributed by atoms with Crippen LogP contribution in [0.15, 0.2) is 18.5 Å². The van der Waals surface area contributed by atoms with E-state index in [0.717, 1.165) is 26.4 Å². The molecule has 0 saturated carbocycles. The normalized spacial score (nSPS) is 15.4. The summed E-state index contributed by atoms with van der Waals surface area (Å²) in [5.74, 6) is -0.897. The van der Waals surface area contributed by atoms with Crippen molar-refractivity contribution < 1.29 is 19.4 Å². The lowest BCUT2D eigenvalue weighted by atomic mass is 10.4. The topological polar surface area (TPSA) is 71.6 Å². The van der Waals surface area contributed by atoms with Crippen LogP contribution in [0, 0.1) is 0 Å². The van der Waals surface area contributed by atoms with Gasteiger partial charge in [0.05, 0.1) is 32.0 Å². The van der Waals surface area contributed by atoms with Crippen LogP contribution in [-0.2, 0) is 9.47 Å². The molecule has 2 rings (SSSR count). The van der Waals surface area contributed by atoms with E-state index in [0.29, 0.717) is 5.56 Å². The zero-order chi connectivity index (χ0) is 10.2. The summed E-state index contributed by atoms with van der Waals surface area (Å²) in [6.07, 6.45) is 3.01. The molecule has 14 heavy (non-hydrogen) atoms. The van der Waals surface area contributed by atoms with Gasteiger partial charge in [0.1, 0.15) is 0 Å². The maximum absolute atomic E-state index is 10.0. The second-order valence-corrected chi connectivity index (χ2v) is 2.63. The van der Waals surface area contributed by atoms with Crippen LogP contribution in [0.5, 0.6) is 0 Å². The second-order valence-electron chi connectivity index (χ2n) is 2.63. The number of aromatic nitrogens is 1. The molecule has 1 aromatic heterocycles. The molecule has 0 spiro atoms. The van der Waals surface area contributed by atoms with Crippen molar-refractivity contribution in [1.82, 2.24) is 4.98 Å². The fourth-order valence-electron chi connectivity index (χ4n) is 0.897. The number of carbonyl (C=O) groups is 1. The molecule has 0 aromatic carbocycles. The van der Waals surface area contributed by atoms with Crippen molar-refractivity contribution >= 4 is 5.97 Å². The van der Waals surface area contributed by atoms with Crippen LogP contribution in [0.25, 0.3) is 0 Å². The van der Waals surface area contributed by atoms with Gasteiger partial charge >= 0.3 is 5.97 Å². The minimum absolute atomic E-state index is 0.296. The molecule has 0 radical (unpaired) electrons. The first-order valence-corrected chi connectivity index (χ1v) is 4.32. The summed E-state index contributed by atoms with van der Waals surface area (Å²) >= 11 is 0. The highest BCUT2D eigenvalue weighted by molar-refractivity contribution is 5.87. The predicted molar refractivity (Wildman–Crippen MR) is 49.4 cm³/mol. The van der Waals surface area contributed by atoms with Gasteiger partial charge in [-0.05, 0) is 6.07 Å². The zero-order valence-corrected chi connectivity index (χ0v) is 7.73. The molecule has 0 aliphatic carbocycles. The standard InChI is InChI=1S/C5H5NO2.C4H8O2/c7-5(8)4-1-2-6-3-4;1-2-6-4-3-5-1/h1-3,6H,(H,7,8);1-4H2. The first kappa shape index (κ1) is 10.7. The number of carboxylic acids is 1. The van der Waals surface area contributed by atoms with Crippen LogP contribution in [0.1, 0.15) is 10.4 Å². The Kier molecular flexibility index (Phi) is 4.74. The molecule has 5 heteroatoms. The summed E-state index contributed by atoms with van der Waals surface area (Å²) in [6.45, 7) is 3.11. The van der Waals surface area contributed by atoms with Crippen LogP contribution in [0.4, 0.5) is 0 Å². The molecule has 2 N–H and O–H groups in total. The van der Waals surface area contributed by atoms with Crippen molar-refractivity contribution in [1.29, 1.82) is 0 Å². The Hall–Kier alpha value is -1.33. The van der Waals surface area contributed by atoms with Gasteiger partial charge in [-0.1, -0.05) is 0 Å². The van der Waals surface area contributed by atoms with Gasteiger partial charge in [0.2, 0.25) is 0 Å². The molecule has 0 atom stereocenters. The van der Waals surface area contributed by atoms with Gasteiger partial charge < -0.3 is 19.6 Å². The number of carboxylic acid groups (broad SMARTS) is 1. The molecule has 1 fully saturated rings. The van der Waals surface area contributed by atoms with Gasteiger partial charge in [-0.2, -0.15) is 0 Å². The summed E-state index contributed by atoms with van der Waals surface area (Å²) in [6, 6.07) is 1.50. The highest BCUT2D eigenvalue weighted by Crippen LogP contribution is 1.93. The molecule has 1 aliphatic rings. The third kappa shape index (κ3) is 4.06. The number of H-pyrrole nitrogens is 1. The van der Waals surface area contributed by atoms with Gasteiger partial charge in [0.15, 0.2) is 0 Å². The number of ether oxygens (including phenoxy) is 2. The van der Waals surface area contributed by atoms with Gasteiger partial charge in [-0.3, -0.25) is 0 Å². The van der Waals surface area contributed by atoms with E-state index in [-0.39, 0.29) is 0 Å². The highest BCUT2D eigenvalue weighted by Gasteiger charge is 1.98. The quantitative estimate of drug-likeness (QED) is 0.700. The number of hydrogen-bond acceptors (Lipinski definition) is 3. The van der Waals surface area contributed by atoms with Crippen molar-refractivity contribution in [3.05, 3.63) is 24.0 Å². The summed E-state index contributed by atoms with van der Waals surface area (Å²) in [5, 5.41) is 8.25. The van der Waals surface area contributed by atoms with Gasteiger partial charge in [0, 0.05) is 12.4 Å². The van der Waals surface area contributed by atoms with Crippen LogP contribution < -0.4 is 0 Å². The fraction of sp³-hybridized carbons (Fsp3) is 0.444. The van der Waals surface area contributed by atoms with Gasteiger partial charge in [0.25, 0.3) is 0 Å². The number of nitrogens with one attached hydrogen (secondary N) is 1. The van der Waals surface area contributed by atoms with Crippen molar-refractivity contribution in [2.24, 2.45) is 0 Å². The number of aromatic amines is 1. The second kappa shape index (κ2) is 6.17. The largest absolute Gasteiger partial charge is 0.478 e. The molecule has 5 nitrogen and oxygen atoms in total. The van der Waals surface area contributed by atoms with Crippen molar-refractivity contribution in [3.8, 4) is 0 Å². The van der Waals surface area contributed by atoms with E-state index < -0.39 is 5.97 Å². The van der Waals surface area contributed by atoms with Crippen LogP contribution in [0.2, 0.25) is 0 Å². The molecule has 1 saturated heterocycles. The molecular formula is C9H13NO4. The number of hydrogen-bond donors (Lipinski definition) is 2. The van der Waals surface area contributed by atoms with E-state index in [1.807, 2.05) is 0 Å². The Morgan fingerprint density at radius 3 is 2.07 bits per heavy atom. The zero-order valence-electron chi connectivity index (χ0n) is 7.73. The summed E-state index contributed by atoms with van der Waals surface area (Å²) < 4.78 is 9.89. The first-order valence-electron chi connectivity index (χ1n) is 4.32. The van der Waals surface area contributed by atoms with Crippen LogP contribution >= 0.6 is 0 Å². The van der Waals surface area contributed by atoms with E-state index >= 15 is 0 Å². The lowest BCUT2D eigenvalue weighted by Crippen LogP contribution is -2.16. The molecule has 78 valence electrons. The van der Waals surface area contributed by atoms with E-state index in [4.69, 9.17) is 14.6 Å². The van der Waals surface area contributed by atoms with Gasteiger partial charge in [-0.15, -0.1) is 0 Å². The smallest absolute Gasteiger partial charge is 0.337 e. The Bertz CT molecular complexity index is 242. The van der Waals surface area contributed by atoms with E-state index in [1.54, 1.807) is 6.20 Å². The molecule has 1 aliphatic heterocycles. The Labute approximate surface area is 81.6 Å². The van der Waals surface area contributed by atoms with E-state index in [9.17, 15) is 4.79 Å². The van der Waals surface area contributed by atoms with Crippen LogP contribution in [0.3, 0.4) is 0 Å². The fourth-order valence-corrected chi connectivity index (χ4v) is 0.897. The average molecular weight is 199 g/mol. The molecule has 0 unspecified atom stereocenters. The SMILES string of the molecule is C1COCCO1.O=C(O)c1cc[nH]c1. The Morgan fingerprint density at radius 2 is 1.86 bits per heavy atom. The molecule has 1 aromatic rings. The molecular weight excluding hydrogens is 186 g/mol. The van der Waals surface area contributed by atoms with Crippen molar-refractivity contribution in [3.63, 3.8) is 0 Å². The predicted octanol–water partition coefficient (Wildman–Crippen LogP) is 0.746. The summed E-state index contributed by atoms with van der Waals surface area (Å²) in [5.41, 5.74) is 0.296. The summed E-state index contributed by atoms with van der Waals surface area (Å²) in [4.78, 5) is 12.7. The highest BCUT2D eigenvalue weighted by atomic mass is 16.6. The van der Waals surface area contributed by atoms with Crippen molar-refractivity contribution in [2.45, 2.75) is 0 Å². The monoisotopic (exact) mass is 199 g/mol. The molecule has 0 amide bonds. The minimum atomic E-state index is -0.897. The molecule has 0 bridgehead atoms. The number of aromatic carboxylic acids is 1. The van der Waals surface area contributed by atoms with E-state index in [1.165, 1.54) is 12.3 Å². The first-order chi connectivity index (χ1) is 6.80. The minimum Gasteiger partial charge on any atom is -0.478 e. The Morgan fingerprint density at radius 1 is 1.29 bits per heavy atom. The third-order valence-electron chi connectivity index (χ3n) is 1.59. The maximum atomic E-state index is 10.0. The summed E-state index contributed by atoms with van der Waals surface area (Å²) in [7, 11) is 0. The number of rotatable bonds is 1. The van der Waals surface area contributed by atoms with E-state index in [2.05, 4.69) is 4.98 Å². The van der Waals surface area contributed by atoms with Crippen molar-refractivity contribution in [2.75, 3.05) is 26.4 Å².